The van der Waals surface area contributed by atoms with Gasteiger partial charge in [0.15, 0.2) is 5.78 Å². The Bertz CT molecular complexity index is 775. The second kappa shape index (κ2) is 8.40. The Labute approximate surface area is 157 Å². The zero-order valence-electron chi connectivity index (χ0n) is 15.2. The van der Waals surface area contributed by atoms with Crippen LogP contribution in [-0.2, 0) is 4.79 Å². The van der Waals surface area contributed by atoms with Crippen molar-refractivity contribution in [2.45, 2.75) is 45.6 Å². The van der Waals surface area contributed by atoms with E-state index in [1.54, 1.807) is 29.8 Å². The zero-order chi connectivity index (χ0) is 18.5. The van der Waals surface area contributed by atoms with Gasteiger partial charge in [0.25, 0.3) is 0 Å². The summed E-state index contributed by atoms with van der Waals surface area (Å²) in [4.78, 5) is 37.4. The molecule has 3 heterocycles. The summed E-state index contributed by atoms with van der Waals surface area (Å²) in [6, 6.07) is 3.78. The molecule has 6 nitrogen and oxygen atoms in total. The maximum Gasteiger partial charge on any atom is 0.225 e. The first-order chi connectivity index (χ1) is 12.5. The summed E-state index contributed by atoms with van der Waals surface area (Å²) >= 11 is 1.62. The number of hydrogen-bond acceptors (Lipinski definition) is 6. The van der Waals surface area contributed by atoms with Crippen LogP contribution >= 0.6 is 11.3 Å². The lowest BCUT2D eigenvalue weighted by atomic mass is 10.0. The van der Waals surface area contributed by atoms with Crippen molar-refractivity contribution >= 4 is 29.0 Å². The average molecular weight is 372 g/mol. The third kappa shape index (κ3) is 4.66. The molecule has 1 fully saturated rings. The van der Waals surface area contributed by atoms with Gasteiger partial charge < -0.3 is 10.2 Å². The number of nitrogens with one attached hydrogen (secondary N) is 1. The first kappa shape index (κ1) is 18.5. The van der Waals surface area contributed by atoms with Gasteiger partial charge in [0.1, 0.15) is 0 Å². The molecule has 1 amide bonds. The third-order valence-corrected chi connectivity index (χ3v) is 5.51. The molecule has 26 heavy (non-hydrogen) atoms. The van der Waals surface area contributed by atoms with Crippen molar-refractivity contribution in [1.82, 2.24) is 15.3 Å². The number of carbonyl (C=O) groups is 2. The second-order valence-electron chi connectivity index (χ2n) is 6.65. The predicted octanol–water partition coefficient (Wildman–Crippen LogP) is 2.90. The Balaban J connectivity index is 1.48. The summed E-state index contributed by atoms with van der Waals surface area (Å²) < 4.78 is 0. The molecule has 0 radical (unpaired) electrons. The summed E-state index contributed by atoms with van der Waals surface area (Å²) in [6.07, 6.45) is 5.85. The molecule has 1 aliphatic rings. The van der Waals surface area contributed by atoms with E-state index in [0.29, 0.717) is 12.5 Å². The fourth-order valence-corrected chi connectivity index (χ4v) is 4.24. The minimum Gasteiger partial charge on any atom is -0.352 e. The highest BCUT2D eigenvalue weighted by Gasteiger charge is 2.23. The molecule has 2 aromatic rings. The number of aryl methyl sites for hydroxylation is 2. The Hall–Kier alpha value is -2.28. The fraction of sp³-hybridized carbons (Fsp3) is 0.474. The summed E-state index contributed by atoms with van der Waals surface area (Å²) in [5.74, 6) is 0.679. The van der Waals surface area contributed by atoms with E-state index in [2.05, 4.69) is 20.2 Å². The molecule has 1 atom stereocenters. The molecule has 0 aliphatic carbocycles. The summed E-state index contributed by atoms with van der Waals surface area (Å²) in [5.41, 5.74) is 0.755. The van der Waals surface area contributed by atoms with Crippen molar-refractivity contribution in [2.75, 3.05) is 18.0 Å². The van der Waals surface area contributed by atoms with Crippen LogP contribution in [0.2, 0.25) is 0 Å². The van der Waals surface area contributed by atoms with Crippen LogP contribution in [0.3, 0.4) is 0 Å². The highest BCUT2D eigenvalue weighted by atomic mass is 32.1. The normalized spacial score (nSPS) is 17.2. The lowest BCUT2D eigenvalue weighted by molar-refractivity contribution is -0.121. The van der Waals surface area contributed by atoms with Crippen molar-refractivity contribution < 1.29 is 9.59 Å². The number of rotatable bonds is 6. The van der Waals surface area contributed by atoms with E-state index in [4.69, 9.17) is 0 Å². The molecule has 0 aromatic carbocycles. The van der Waals surface area contributed by atoms with E-state index in [-0.39, 0.29) is 30.6 Å². The Morgan fingerprint density at radius 2 is 2.04 bits per heavy atom. The lowest BCUT2D eigenvalue weighted by Gasteiger charge is -2.33. The Morgan fingerprint density at radius 3 is 2.73 bits per heavy atom. The third-order valence-electron chi connectivity index (χ3n) is 4.54. The standard InChI is InChI=1S/C19H24N4O2S/c1-13-11-16(14(2)26-13)17(24)6-7-18(25)22-15-5-3-10-23(12-15)19-20-8-4-9-21-19/h4,8-9,11,15H,3,5-7,10,12H2,1-2H3,(H,22,25). The molecule has 1 unspecified atom stereocenters. The fourth-order valence-electron chi connectivity index (χ4n) is 3.30. The van der Waals surface area contributed by atoms with Crippen LogP contribution in [0.5, 0.6) is 0 Å². The summed E-state index contributed by atoms with van der Waals surface area (Å²) in [7, 11) is 0. The molecular weight excluding hydrogens is 348 g/mol. The number of anilines is 1. The quantitative estimate of drug-likeness (QED) is 0.789. The van der Waals surface area contributed by atoms with Gasteiger partial charge in [-0.25, -0.2) is 9.97 Å². The van der Waals surface area contributed by atoms with Crippen LogP contribution in [0, 0.1) is 13.8 Å². The monoisotopic (exact) mass is 372 g/mol. The number of ketones is 1. The van der Waals surface area contributed by atoms with Gasteiger partial charge in [-0.2, -0.15) is 0 Å². The van der Waals surface area contributed by atoms with E-state index in [0.717, 1.165) is 34.7 Å². The molecule has 1 N–H and O–H groups in total. The van der Waals surface area contributed by atoms with Gasteiger partial charge in [-0.05, 0) is 38.8 Å². The van der Waals surface area contributed by atoms with Crippen molar-refractivity contribution in [2.24, 2.45) is 0 Å². The minimum absolute atomic E-state index is 0.0463. The average Bonchev–Trinajstić information content (AvgIpc) is 2.99. The molecule has 2 aromatic heterocycles. The Kier molecular flexibility index (Phi) is 5.98. The van der Waals surface area contributed by atoms with Crippen LogP contribution in [0.4, 0.5) is 5.95 Å². The number of piperidine rings is 1. The molecule has 0 saturated carbocycles. The number of hydrogen-bond donors (Lipinski definition) is 1. The highest BCUT2D eigenvalue weighted by Crippen LogP contribution is 2.22. The zero-order valence-corrected chi connectivity index (χ0v) is 16.0. The van der Waals surface area contributed by atoms with E-state index in [9.17, 15) is 9.59 Å². The van der Waals surface area contributed by atoms with E-state index >= 15 is 0 Å². The first-order valence-corrected chi connectivity index (χ1v) is 9.76. The molecular formula is C19H24N4O2S. The lowest BCUT2D eigenvalue weighted by Crippen LogP contribution is -2.48. The predicted molar refractivity (Wildman–Crippen MR) is 103 cm³/mol. The maximum atomic E-state index is 12.3. The van der Waals surface area contributed by atoms with Crippen LogP contribution in [0.25, 0.3) is 0 Å². The van der Waals surface area contributed by atoms with Gasteiger partial charge in [0.05, 0.1) is 0 Å². The number of Topliss-reactive ketones (excluding diaryl/α,β-unsaturated/α-hetero) is 1. The van der Waals surface area contributed by atoms with Gasteiger partial charge in [-0.1, -0.05) is 0 Å². The van der Waals surface area contributed by atoms with Crippen LogP contribution in [-0.4, -0.2) is 40.8 Å². The molecule has 1 saturated heterocycles. The van der Waals surface area contributed by atoms with Crippen LogP contribution in [0.1, 0.15) is 45.8 Å². The minimum atomic E-state index is -0.0659. The molecule has 0 bridgehead atoms. The Morgan fingerprint density at radius 1 is 1.27 bits per heavy atom. The molecule has 7 heteroatoms. The largest absolute Gasteiger partial charge is 0.352 e. The van der Waals surface area contributed by atoms with Crippen molar-refractivity contribution in [3.05, 3.63) is 39.8 Å². The number of thiophene rings is 1. The second-order valence-corrected chi connectivity index (χ2v) is 8.11. The number of carbonyl (C=O) groups excluding carboxylic acids is 2. The van der Waals surface area contributed by atoms with E-state index < -0.39 is 0 Å². The highest BCUT2D eigenvalue weighted by molar-refractivity contribution is 7.12. The van der Waals surface area contributed by atoms with Gasteiger partial charge in [0, 0.05) is 59.7 Å². The van der Waals surface area contributed by atoms with Crippen LogP contribution < -0.4 is 10.2 Å². The van der Waals surface area contributed by atoms with Gasteiger partial charge in [-0.3, -0.25) is 9.59 Å². The van der Waals surface area contributed by atoms with Crippen molar-refractivity contribution in [3.63, 3.8) is 0 Å². The van der Waals surface area contributed by atoms with E-state index in [1.165, 1.54) is 0 Å². The number of nitrogens with zero attached hydrogens (tertiary/aromatic N) is 3. The molecule has 0 spiro atoms. The summed E-state index contributed by atoms with van der Waals surface area (Å²) in [5, 5.41) is 3.06. The van der Waals surface area contributed by atoms with Gasteiger partial charge >= 0.3 is 0 Å². The first-order valence-electron chi connectivity index (χ1n) is 8.94. The molecule has 138 valence electrons. The maximum absolute atomic E-state index is 12.3. The van der Waals surface area contributed by atoms with Crippen molar-refractivity contribution in [3.8, 4) is 0 Å². The SMILES string of the molecule is Cc1cc(C(=O)CCC(=O)NC2CCCN(c3ncccn3)C2)c(C)s1. The van der Waals surface area contributed by atoms with E-state index in [1.807, 2.05) is 19.9 Å². The number of aromatic nitrogens is 2. The molecule has 1 aliphatic heterocycles. The molecule has 3 rings (SSSR count). The number of amides is 1. The smallest absolute Gasteiger partial charge is 0.225 e. The van der Waals surface area contributed by atoms with Gasteiger partial charge in [-0.15, -0.1) is 11.3 Å². The topological polar surface area (TPSA) is 75.2 Å². The van der Waals surface area contributed by atoms with Gasteiger partial charge in [0.2, 0.25) is 11.9 Å². The summed E-state index contributed by atoms with van der Waals surface area (Å²) in [6.45, 7) is 5.54. The van der Waals surface area contributed by atoms with Crippen molar-refractivity contribution in [1.29, 1.82) is 0 Å². The van der Waals surface area contributed by atoms with Crippen LogP contribution in [0.15, 0.2) is 24.5 Å².